The fourth-order valence-electron chi connectivity index (χ4n) is 2.49. The predicted octanol–water partition coefficient (Wildman–Crippen LogP) is 5.45. The monoisotopic (exact) mass is 396 g/mol. The van der Waals surface area contributed by atoms with Crippen LogP contribution in [0.1, 0.15) is 32.1 Å². The smallest absolute Gasteiger partial charge is 0.200 e. The molecule has 1 aromatic rings. The molecule has 1 aromatic carbocycles. The van der Waals surface area contributed by atoms with E-state index in [2.05, 4.69) is 31.9 Å². The van der Waals surface area contributed by atoms with E-state index >= 15 is 0 Å². The lowest BCUT2D eigenvalue weighted by molar-refractivity contribution is 0.118. The van der Waals surface area contributed by atoms with E-state index in [1.807, 2.05) is 0 Å². The van der Waals surface area contributed by atoms with Crippen LogP contribution in [0, 0.1) is 17.0 Å². The quantitative estimate of drug-likeness (QED) is 0.484. The van der Waals surface area contributed by atoms with Gasteiger partial charge in [-0.3, -0.25) is 0 Å². The second kappa shape index (κ2) is 6.53. The average Bonchev–Trinajstić information content (AvgIpc) is 2.42. The molecule has 0 spiro atoms. The number of hydrogen-bond acceptors (Lipinski definition) is 1. The van der Waals surface area contributed by atoms with Gasteiger partial charge in [0.25, 0.3) is 0 Å². The van der Waals surface area contributed by atoms with E-state index in [0.29, 0.717) is 11.1 Å². The van der Waals surface area contributed by atoms with E-state index in [-0.39, 0.29) is 11.2 Å². The molecule has 0 atom stereocenters. The first-order valence-corrected chi connectivity index (χ1v) is 8.31. The fraction of sp³-hybridized carbons (Fsp3) is 0.571. The van der Waals surface area contributed by atoms with Gasteiger partial charge in [0.1, 0.15) is 0 Å². The van der Waals surface area contributed by atoms with Crippen molar-refractivity contribution in [2.45, 2.75) is 32.1 Å². The summed E-state index contributed by atoms with van der Waals surface area (Å²) in [6.45, 7) is 0.422. The highest BCUT2D eigenvalue weighted by molar-refractivity contribution is 9.10. The lowest BCUT2D eigenvalue weighted by atomic mass is 9.76. The number of ether oxygens (including phenoxy) is 1. The minimum Gasteiger partial charge on any atom is -0.490 e. The van der Waals surface area contributed by atoms with Crippen molar-refractivity contribution in [2.24, 2.45) is 5.41 Å². The SMILES string of the molecule is Fc1cc(Br)cc(OCC2(CBr)CCCCC2)c1F. The van der Waals surface area contributed by atoms with Crippen LogP contribution in [0.4, 0.5) is 8.78 Å². The third kappa shape index (κ3) is 3.69. The summed E-state index contributed by atoms with van der Waals surface area (Å²) in [5.74, 6) is -1.82. The fourth-order valence-corrected chi connectivity index (χ4v) is 3.62. The standard InChI is InChI=1S/C14H16Br2F2O/c15-8-14(4-2-1-3-5-14)9-19-12-7-10(16)6-11(17)13(12)18/h6-7H,1-5,8-9H2. The Hall–Kier alpha value is -0.160. The molecule has 0 radical (unpaired) electrons. The molecule has 1 nitrogen and oxygen atoms in total. The van der Waals surface area contributed by atoms with Crippen LogP contribution in [0.5, 0.6) is 5.75 Å². The first-order valence-electron chi connectivity index (χ1n) is 6.40. The van der Waals surface area contributed by atoms with E-state index in [1.54, 1.807) is 0 Å². The number of hydrogen-bond donors (Lipinski definition) is 0. The average molecular weight is 398 g/mol. The molecule has 1 aliphatic carbocycles. The second-order valence-corrected chi connectivity index (χ2v) is 6.66. The highest BCUT2D eigenvalue weighted by Gasteiger charge is 2.32. The highest BCUT2D eigenvalue weighted by atomic mass is 79.9. The maximum atomic E-state index is 13.6. The molecular formula is C14H16Br2F2O. The molecule has 5 heteroatoms. The number of halogens is 4. The van der Waals surface area contributed by atoms with Crippen LogP contribution in [0.2, 0.25) is 0 Å². The van der Waals surface area contributed by atoms with E-state index in [4.69, 9.17) is 4.74 Å². The summed E-state index contributed by atoms with van der Waals surface area (Å²) in [6, 6.07) is 2.58. The maximum Gasteiger partial charge on any atom is 0.200 e. The Morgan fingerprint density at radius 3 is 2.47 bits per heavy atom. The molecule has 2 rings (SSSR count). The van der Waals surface area contributed by atoms with Gasteiger partial charge in [0, 0.05) is 15.2 Å². The van der Waals surface area contributed by atoms with Gasteiger partial charge in [0.2, 0.25) is 5.82 Å². The molecule has 19 heavy (non-hydrogen) atoms. The van der Waals surface area contributed by atoms with Crippen molar-refractivity contribution >= 4 is 31.9 Å². The van der Waals surface area contributed by atoms with E-state index in [9.17, 15) is 8.78 Å². The summed E-state index contributed by atoms with van der Waals surface area (Å²) >= 11 is 6.68. The molecule has 1 fully saturated rings. The summed E-state index contributed by atoms with van der Waals surface area (Å²) in [4.78, 5) is 0. The molecule has 106 valence electrons. The first-order chi connectivity index (χ1) is 9.06. The van der Waals surface area contributed by atoms with Crippen molar-refractivity contribution in [2.75, 3.05) is 11.9 Å². The van der Waals surface area contributed by atoms with Crippen LogP contribution < -0.4 is 4.74 Å². The Morgan fingerprint density at radius 2 is 1.84 bits per heavy atom. The summed E-state index contributed by atoms with van der Waals surface area (Å²) < 4.78 is 33.0. The van der Waals surface area contributed by atoms with Crippen LogP contribution in [-0.4, -0.2) is 11.9 Å². The Morgan fingerprint density at radius 1 is 1.16 bits per heavy atom. The first kappa shape index (κ1) is 15.2. The molecule has 0 saturated heterocycles. The molecule has 1 saturated carbocycles. The summed E-state index contributed by atoms with van der Waals surface area (Å²) in [6.07, 6.45) is 5.72. The molecule has 1 aliphatic rings. The molecule has 0 bridgehead atoms. The van der Waals surface area contributed by atoms with Crippen molar-refractivity contribution in [1.82, 2.24) is 0 Å². The minimum atomic E-state index is -0.913. The van der Waals surface area contributed by atoms with Crippen LogP contribution in [-0.2, 0) is 0 Å². The molecule has 0 aromatic heterocycles. The van der Waals surface area contributed by atoms with Crippen molar-refractivity contribution < 1.29 is 13.5 Å². The van der Waals surface area contributed by atoms with E-state index in [1.165, 1.54) is 25.3 Å². The molecule has 0 aliphatic heterocycles. The summed E-state index contributed by atoms with van der Waals surface area (Å²) in [5, 5.41) is 0.831. The Bertz CT molecular complexity index is 445. The zero-order valence-corrected chi connectivity index (χ0v) is 13.7. The molecule has 0 unspecified atom stereocenters. The van der Waals surface area contributed by atoms with Gasteiger partial charge in [0.15, 0.2) is 11.6 Å². The Kier molecular flexibility index (Phi) is 5.23. The van der Waals surface area contributed by atoms with Gasteiger partial charge >= 0.3 is 0 Å². The topological polar surface area (TPSA) is 9.23 Å². The molecule has 0 heterocycles. The molecular weight excluding hydrogens is 382 g/mol. The number of alkyl halides is 1. The predicted molar refractivity (Wildman–Crippen MR) is 78.9 cm³/mol. The second-order valence-electron chi connectivity index (χ2n) is 5.18. The number of rotatable bonds is 4. The van der Waals surface area contributed by atoms with Gasteiger partial charge in [-0.1, -0.05) is 51.1 Å². The van der Waals surface area contributed by atoms with Crippen LogP contribution in [0.15, 0.2) is 16.6 Å². The maximum absolute atomic E-state index is 13.6. The van der Waals surface area contributed by atoms with Gasteiger partial charge in [-0.15, -0.1) is 0 Å². The minimum absolute atomic E-state index is 0.0160. The molecule has 0 N–H and O–H groups in total. The van der Waals surface area contributed by atoms with Crippen LogP contribution >= 0.6 is 31.9 Å². The van der Waals surface area contributed by atoms with Crippen molar-refractivity contribution in [3.63, 3.8) is 0 Å². The highest BCUT2D eigenvalue weighted by Crippen LogP contribution is 2.39. The third-order valence-corrected chi connectivity index (χ3v) is 5.34. The van der Waals surface area contributed by atoms with Crippen molar-refractivity contribution in [3.8, 4) is 5.75 Å². The normalized spacial score (nSPS) is 18.3. The Balaban J connectivity index is 2.09. The largest absolute Gasteiger partial charge is 0.490 e. The zero-order valence-electron chi connectivity index (χ0n) is 10.5. The Labute approximate surface area is 129 Å². The third-order valence-electron chi connectivity index (χ3n) is 3.69. The molecule has 0 amide bonds. The van der Waals surface area contributed by atoms with Crippen LogP contribution in [0.25, 0.3) is 0 Å². The van der Waals surface area contributed by atoms with Gasteiger partial charge in [-0.25, -0.2) is 4.39 Å². The lowest BCUT2D eigenvalue weighted by Crippen LogP contribution is -2.32. The van der Waals surface area contributed by atoms with Crippen LogP contribution in [0.3, 0.4) is 0 Å². The number of benzene rings is 1. The van der Waals surface area contributed by atoms with Gasteiger partial charge < -0.3 is 4.74 Å². The summed E-state index contributed by atoms with van der Waals surface area (Å²) in [7, 11) is 0. The zero-order chi connectivity index (χ0) is 13.9. The summed E-state index contributed by atoms with van der Waals surface area (Å²) in [5.41, 5.74) is 0.0451. The van der Waals surface area contributed by atoms with E-state index < -0.39 is 11.6 Å². The van der Waals surface area contributed by atoms with E-state index in [0.717, 1.165) is 24.2 Å². The van der Waals surface area contributed by atoms with Crippen molar-refractivity contribution in [3.05, 3.63) is 28.2 Å². The van der Waals surface area contributed by atoms with Gasteiger partial charge in [-0.2, -0.15) is 4.39 Å². The van der Waals surface area contributed by atoms with Gasteiger partial charge in [0.05, 0.1) is 6.61 Å². The van der Waals surface area contributed by atoms with Gasteiger partial charge in [-0.05, 0) is 25.0 Å². The van der Waals surface area contributed by atoms with Crippen molar-refractivity contribution in [1.29, 1.82) is 0 Å². The lowest BCUT2D eigenvalue weighted by Gasteiger charge is -2.35.